The molecule has 4 rings (SSSR count). The van der Waals surface area contributed by atoms with Crippen molar-refractivity contribution in [2.45, 2.75) is 32.9 Å². The molecule has 1 saturated heterocycles. The van der Waals surface area contributed by atoms with Crippen LogP contribution in [0.1, 0.15) is 22.8 Å². The average Bonchev–Trinajstić information content (AvgIpc) is 3.31. The fourth-order valence-electron chi connectivity index (χ4n) is 3.45. The van der Waals surface area contributed by atoms with E-state index in [1.807, 2.05) is 44.2 Å². The standard InChI is InChI=1S/C19H23N5O2/c1-12-3-5-14(6-4-12)19-20-18(26-23-19)11-24-9-15(17(25)10-24)8-16-7-13(2)21-22-16/h3-7,15,17,25H,8-11H2,1-2H3,(H,21,22)/t15-,17-/m1/s1. The molecule has 0 aliphatic carbocycles. The van der Waals surface area contributed by atoms with Crippen molar-refractivity contribution in [1.29, 1.82) is 0 Å². The lowest BCUT2D eigenvalue weighted by Gasteiger charge is -2.12. The lowest BCUT2D eigenvalue weighted by atomic mass is 10.0. The summed E-state index contributed by atoms with van der Waals surface area (Å²) in [6, 6.07) is 10.1. The van der Waals surface area contributed by atoms with Crippen LogP contribution in [0.3, 0.4) is 0 Å². The van der Waals surface area contributed by atoms with Gasteiger partial charge in [-0.05, 0) is 26.3 Å². The van der Waals surface area contributed by atoms with Gasteiger partial charge in [0.05, 0.1) is 18.3 Å². The van der Waals surface area contributed by atoms with Gasteiger partial charge in [-0.2, -0.15) is 10.1 Å². The van der Waals surface area contributed by atoms with Crippen LogP contribution in [0.4, 0.5) is 0 Å². The van der Waals surface area contributed by atoms with Gasteiger partial charge in [-0.15, -0.1) is 0 Å². The van der Waals surface area contributed by atoms with Crippen LogP contribution in [-0.2, 0) is 13.0 Å². The largest absolute Gasteiger partial charge is 0.391 e. The second kappa shape index (κ2) is 7.01. The number of benzene rings is 1. The van der Waals surface area contributed by atoms with E-state index in [0.29, 0.717) is 24.8 Å². The minimum absolute atomic E-state index is 0.164. The van der Waals surface area contributed by atoms with Crippen molar-refractivity contribution in [3.05, 3.63) is 53.2 Å². The molecule has 1 aliphatic heterocycles. The van der Waals surface area contributed by atoms with Gasteiger partial charge in [-0.1, -0.05) is 35.0 Å². The number of nitrogens with one attached hydrogen (secondary N) is 1. The zero-order chi connectivity index (χ0) is 18.1. The van der Waals surface area contributed by atoms with E-state index in [2.05, 4.69) is 25.2 Å². The summed E-state index contributed by atoms with van der Waals surface area (Å²) in [5, 5.41) is 21.7. The van der Waals surface area contributed by atoms with E-state index >= 15 is 0 Å². The fraction of sp³-hybridized carbons (Fsp3) is 0.421. The van der Waals surface area contributed by atoms with Crippen LogP contribution in [0.15, 0.2) is 34.9 Å². The molecule has 1 aliphatic rings. The quantitative estimate of drug-likeness (QED) is 0.730. The Balaban J connectivity index is 1.38. The number of aromatic nitrogens is 4. The number of likely N-dealkylation sites (tertiary alicyclic amines) is 1. The minimum Gasteiger partial charge on any atom is -0.391 e. The van der Waals surface area contributed by atoms with Crippen LogP contribution in [-0.4, -0.2) is 49.5 Å². The monoisotopic (exact) mass is 353 g/mol. The molecule has 2 atom stereocenters. The highest BCUT2D eigenvalue weighted by Gasteiger charge is 2.32. The lowest BCUT2D eigenvalue weighted by Crippen LogP contribution is -2.21. The third-order valence-electron chi connectivity index (χ3n) is 4.85. The summed E-state index contributed by atoms with van der Waals surface area (Å²) in [5.74, 6) is 1.34. The molecule has 136 valence electrons. The van der Waals surface area contributed by atoms with Crippen LogP contribution in [0.5, 0.6) is 0 Å². The number of rotatable bonds is 5. The maximum atomic E-state index is 10.4. The summed E-state index contributed by atoms with van der Waals surface area (Å²) in [7, 11) is 0. The molecular weight excluding hydrogens is 330 g/mol. The number of aliphatic hydroxyl groups is 1. The van der Waals surface area contributed by atoms with Crippen LogP contribution in [0, 0.1) is 19.8 Å². The maximum absolute atomic E-state index is 10.4. The van der Waals surface area contributed by atoms with E-state index < -0.39 is 0 Å². The fourth-order valence-corrected chi connectivity index (χ4v) is 3.45. The van der Waals surface area contributed by atoms with Gasteiger partial charge >= 0.3 is 0 Å². The van der Waals surface area contributed by atoms with E-state index in [1.54, 1.807) is 0 Å². The summed E-state index contributed by atoms with van der Waals surface area (Å²) >= 11 is 0. The Labute approximate surface area is 152 Å². The van der Waals surface area contributed by atoms with E-state index in [0.717, 1.165) is 29.9 Å². The number of H-pyrrole nitrogens is 1. The number of aliphatic hydroxyl groups excluding tert-OH is 1. The highest BCUT2D eigenvalue weighted by molar-refractivity contribution is 5.54. The van der Waals surface area contributed by atoms with E-state index in [4.69, 9.17) is 4.52 Å². The Morgan fingerprint density at radius 2 is 2.04 bits per heavy atom. The highest BCUT2D eigenvalue weighted by Crippen LogP contribution is 2.23. The van der Waals surface area contributed by atoms with Gasteiger partial charge in [0.1, 0.15) is 0 Å². The molecule has 7 nitrogen and oxygen atoms in total. The Morgan fingerprint density at radius 3 is 2.77 bits per heavy atom. The van der Waals surface area contributed by atoms with Gasteiger partial charge < -0.3 is 9.63 Å². The topological polar surface area (TPSA) is 91.1 Å². The molecule has 0 radical (unpaired) electrons. The maximum Gasteiger partial charge on any atom is 0.241 e. The number of hydrogen-bond acceptors (Lipinski definition) is 6. The molecule has 0 spiro atoms. The first-order valence-corrected chi connectivity index (χ1v) is 8.88. The van der Waals surface area contributed by atoms with E-state index in [-0.39, 0.29) is 12.0 Å². The van der Waals surface area contributed by atoms with Crippen molar-refractivity contribution in [3.8, 4) is 11.4 Å². The van der Waals surface area contributed by atoms with Crippen molar-refractivity contribution >= 4 is 0 Å². The SMILES string of the molecule is Cc1ccc(-c2noc(CN3C[C@@H](Cc4cc(C)[nH]n4)[C@H](O)C3)n2)cc1. The van der Waals surface area contributed by atoms with Crippen LogP contribution >= 0.6 is 0 Å². The molecule has 1 aromatic carbocycles. The number of β-amino-alcohol motifs (C(OH)–C–C–N with tert-alkyl or cyclic N) is 1. The Bertz CT molecular complexity index is 870. The number of aryl methyl sites for hydroxylation is 2. The molecule has 0 amide bonds. The molecule has 1 fully saturated rings. The minimum atomic E-state index is -0.369. The normalized spacial score (nSPS) is 20.7. The second-order valence-electron chi connectivity index (χ2n) is 7.15. The number of aromatic amines is 1. The van der Waals surface area contributed by atoms with Crippen LogP contribution < -0.4 is 0 Å². The summed E-state index contributed by atoms with van der Waals surface area (Å²) in [6.07, 6.45) is 0.395. The summed E-state index contributed by atoms with van der Waals surface area (Å²) in [5.41, 5.74) is 4.17. The zero-order valence-electron chi connectivity index (χ0n) is 15.0. The van der Waals surface area contributed by atoms with E-state index in [9.17, 15) is 5.11 Å². The Morgan fingerprint density at radius 1 is 1.23 bits per heavy atom. The number of nitrogens with zero attached hydrogens (tertiary/aromatic N) is 4. The summed E-state index contributed by atoms with van der Waals surface area (Å²) < 4.78 is 5.40. The molecule has 0 bridgehead atoms. The summed E-state index contributed by atoms with van der Waals surface area (Å²) in [6.45, 7) is 5.97. The Hall–Kier alpha value is -2.51. The number of hydrogen-bond donors (Lipinski definition) is 2. The first-order chi connectivity index (χ1) is 12.6. The van der Waals surface area contributed by atoms with Crippen molar-refractivity contribution in [3.63, 3.8) is 0 Å². The highest BCUT2D eigenvalue weighted by atomic mass is 16.5. The third-order valence-corrected chi connectivity index (χ3v) is 4.85. The lowest BCUT2D eigenvalue weighted by molar-refractivity contribution is 0.139. The van der Waals surface area contributed by atoms with Crippen LogP contribution in [0.25, 0.3) is 11.4 Å². The molecule has 2 aromatic heterocycles. The van der Waals surface area contributed by atoms with Crippen LogP contribution in [0.2, 0.25) is 0 Å². The molecule has 0 unspecified atom stereocenters. The first kappa shape index (κ1) is 16.9. The predicted octanol–water partition coefficient (Wildman–Crippen LogP) is 2.11. The van der Waals surface area contributed by atoms with Gasteiger partial charge in [-0.3, -0.25) is 10.00 Å². The third kappa shape index (κ3) is 3.68. The van der Waals surface area contributed by atoms with Crippen molar-refractivity contribution < 1.29 is 9.63 Å². The van der Waals surface area contributed by atoms with Gasteiger partial charge in [-0.25, -0.2) is 0 Å². The first-order valence-electron chi connectivity index (χ1n) is 8.88. The molecular formula is C19H23N5O2. The van der Waals surface area contributed by atoms with Gasteiger partial charge in [0.15, 0.2) is 0 Å². The van der Waals surface area contributed by atoms with Gasteiger partial charge in [0.2, 0.25) is 11.7 Å². The average molecular weight is 353 g/mol. The Kier molecular flexibility index (Phi) is 4.57. The smallest absolute Gasteiger partial charge is 0.241 e. The van der Waals surface area contributed by atoms with E-state index in [1.165, 1.54) is 5.56 Å². The zero-order valence-corrected chi connectivity index (χ0v) is 15.0. The van der Waals surface area contributed by atoms with Gasteiger partial charge in [0, 0.05) is 30.3 Å². The summed E-state index contributed by atoms with van der Waals surface area (Å²) in [4.78, 5) is 6.65. The predicted molar refractivity (Wildman–Crippen MR) is 96.3 cm³/mol. The van der Waals surface area contributed by atoms with Gasteiger partial charge in [0.25, 0.3) is 0 Å². The molecule has 2 N–H and O–H groups in total. The molecule has 0 saturated carbocycles. The second-order valence-corrected chi connectivity index (χ2v) is 7.15. The molecule has 3 aromatic rings. The van der Waals surface area contributed by atoms with Crippen molar-refractivity contribution in [2.75, 3.05) is 13.1 Å². The van der Waals surface area contributed by atoms with Crippen molar-refractivity contribution in [2.24, 2.45) is 5.92 Å². The molecule has 7 heteroatoms. The molecule has 26 heavy (non-hydrogen) atoms. The van der Waals surface area contributed by atoms with Crippen molar-refractivity contribution in [1.82, 2.24) is 25.2 Å². The molecule has 3 heterocycles.